The van der Waals surface area contributed by atoms with Crippen LogP contribution in [-0.4, -0.2) is 47.1 Å². The van der Waals surface area contributed by atoms with Gasteiger partial charge in [0.1, 0.15) is 0 Å². The quantitative estimate of drug-likeness (QED) is 0.834. The lowest BCUT2D eigenvalue weighted by Gasteiger charge is -2.45. The van der Waals surface area contributed by atoms with Crippen LogP contribution < -0.4 is 5.32 Å². The molecule has 0 aromatic carbocycles. The van der Waals surface area contributed by atoms with Crippen LogP contribution in [0.1, 0.15) is 52.4 Å². The van der Waals surface area contributed by atoms with E-state index in [1.165, 1.54) is 57.4 Å². The van der Waals surface area contributed by atoms with Gasteiger partial charge in [-0.3, -0.25) is 4.90 Å². The van der Waals surface area contributed by atoms with Crippen molar-refractivity contribution >= 4 is 11.8 Å². The largest absolute Gasteiger partial charge is 0.311 e. The molecule has 4 unspecified atom stereocenters. The molecule has 0 amide bonds. The van der Waals surface area contributed by atoms with E-state index in [0.717, 1.165) is 29.3 Å². The average molecular weight is 282 g/mol. The lowest BCUT2D eigenvalue weighted by molar-refractivity contribution is 0.0776. The fraction of sp³-hybridized carbons (Fsp3) is 1.00. The highest BCUT2D eigenvalue weighted by atomic mass is 32.2. The van der Waals surface area contributed by atoms with Gasteiger partial charge in [-0.15, -0.1) is 0 Å². The first-order valence-electron chi connectivity index (χ1n) is 8.44. The lowest BCUT2D eigenvalue weighted by atomic mass is 10.0. The zero-order valence-corrected chi connectivity index (χ0v) is 13.4. The molecule has 0 radical (unpaired) electrons. The summed E-state index contributed by atoms with van der Waals surface area (Å²) in [5, 5.41) is 4.75. The summed E-state index contributed by atoms with van der Waals surface area (Å²) in [7, 11) is 0. The molecular weight excluding hydrogens is 252 g/mol. The van der Waals surface area contributed by atoms with Gasteiger partial charge >= 0.3 is 0 Å². The molecule has 3 heteroatoms. The van der Waals surface area contributed by atoms with Crippen LogP contribution in [0, 0.1) is 5.92 Å². The molecule has 2 aliphatic carbocycles. The first-order chi connectivity index (χ1) is 9.33. The van der Waals surface area contributed by atoms with E-state index in [2.05, 4.69) is 35.8 Å². The van der Waals surface area contributed by atoms with Crippen molar-refractivity contribution in [2.24, 2.45) is 5.92 Å². The number of hydrogen-bond donors (Lipinski definition) is 1. The minimum absolute atomic E-state index is 0.790. The van der Waals surface area contributed by atoms with Gasteiger partial charge in [-0.25, -0.2) is 0 Å². The normalized spacial score (nSPS) is 40.7. The molecule has 0 aromatic rings. The fourth-order valence-corrected chi connectivity index (χ4v) is 5.42. The second-order valence-electron chi connectivity index (χ2n) is 6.60. The first kappa shape index (κ1) is 14.2. The van der Waals surface area contributed by atoms with Gasteiger partial charge < -0.3 is 5.32 Å². The number of rotatable bonds is 5. The van der Waals surface area contributed by atoms with E-state index >= 15 is 0 Å². The van der Waals surface area contributed by atoms with Crippen LogP contribution in [0.15, 0.2) is 0 Å². The predicted octanol–water partition coefficient (Wildman–Crippen LogP) is 3.12. The fourth-order valence-electron chi connectivity index (χ4n) is 4.14. The molecule has 4 atom stereocenters. The molecule has 2 nitrogen and oxygen atoms in total. The van der Waals surface area contributed by atoms with Gasteiger partial charge in [0.25, 0.3) is 0 Å². The number of nitrogens with one attached hydrogen (secondary N) is 1. The van der Waals surface area contributed by atoms with Crippen molar-refractivity contribution in [2.75, 3.05) is 18.8 Å². The zero-order chi connectivity index (χ0) is 13.2. The van der Waals surface area contributed by atoms with E-state index in [0.29, 0.717) is 0 Å². The average Bonchev–Trinajstić information content (AvgIpc) is 3.19. The minimum Gasteiger partial charge on any atom is -0.311 e. The van der Waals surface area contributed by atoms with Crippen LogP contribution in [0.25, 0.3) is 0 Å². The second kappa shape index (κ2) is 6.36. The summed E-state index contributed by atoms with van der Waals surface area (Å²) in [4.78, 5) is 2.92. The third-order valence-electron chi connectivity index (χ3n) is 5.38. The van der Waals surface area contributed by atoms with E-state index < -0.39 is 0 Å². The Morgan fingerprint density at radius 3 is 2.68 bits per heavy atom. The monoisotopic (exact) mass is 282 g/mol. The maximum atomic E-state index is 3.83. The van der Waals surface area contributed by atoms with Gasteiger partial charge in [0.2, 0.25) is 0 Å². The predicted molar refractivity (Wildman–Crippen MR) is 84.9 cm³/mol. The van der Waals surface area contributed by atoms with Crippen molar-refractivity contribution < 1.29 is 0 Å². The number of nitrogens with zero attached hydrogens (tertiary/aromatic N) is 1. The maximum Gasteiger partial charge on any atom is 0.0224 e. The van der Waals surface area contributed by atoms with Crippen molar-refractivity contribution in [3.05, 3.63) is 0 Å². The molecule has 19 heavy (non-hydrogen) atoms. The number of hydrogen-bond acceptors (Lipinski definition) is 3. The van der Waals surface area contributed by atoms with Crippen molar-refractivity contribution in [1.29, 1.82) is 0 Å². The minimum atomic E-state index is 0.790. The van der Waals surface area contributed by atoms with Crippen LogP contribution in [0.2, 0.25) is 0 Å². The number of thioether (sulfide) groups is 1. The SMILES string of the molecule is CCSC1CCCC1N1CC(C2CC2)NCC1CC. The highest BCUT2D eigenvalue weighted by molar-refractivity contribution is 7.99. The number of piperazine rings is 1. The van der Waals surface area contributed by atoms with Crippen molar-refractivity contribution in [3.63, 3.8) is 0 Å². The summed E-state index contributed by atoms with van der Waals surface area (Å²) in [5.74, 6) is 2.29. The topological polar surface area (TPSA) is 15.3 Å². The van der Waals surface area contributed by atoms with Gasteiger partial charge in [0.05, 0.1) is 0 Å². The standard InChI is InChI=1S/C16H30N2S/c1-3-13-10-17-14(12-8-9-12)11-18(13)15-6-5-7-16(15)19-4-2/h12-17H,3-11H2,1-2H3. The third-order valence-corrected chi connectivity index (χ3v) is 6.69. The van der Waals surface area contributed by atoms with Crippen molar-refractivity contribution in [3.8, 4) is 0 Å². The van der Waals surface area contributed by atoms with Gasteiger partial charge in [-0.05, 0) is 43.8 Å². The Bertz CT molecular complexity index is 292. The zero-order valence-electron chi connectivity index (χ0n) is 12.6. The molecular formula is C16H30N2S. The second-order valence-corrected chi connectivity index (χ2v) is 8.12. The first-order valence-corrected chi connectivity index (χ1v) is 9.49. The molecule has 0 spiro atoms. The molecule has 0 bridgehead atoms. The van der Waals surface area contributed by atoms with Crippen LogP contribution in [-0.2, 0) is 0 Å². The molecule has 1 N–H and O–H groups in total. The maximum absolute atomic E-state index is 3.83. The van der Waals surface area contributed by atoms with Gasteiger partial charge in [-0.1, -0.05) is 20.3 Å². The Balaban J connectivity index is 1.67. The van der Waals surface area contributed by atoms with Crippen LogP contribution >= 0.6 is 11.8 Å². The molecule has 1 heterocycles. The Labute approximate surface area is 123 Å². The van der Waals surface area contributed by atoms with E-state index in [1.807, 2.05) is 0 Å². The Kier molecular flexibility index (Phi) is 4.76. The molecule has 1 aliphatic heterocycles. The van der Waals surface area contributed by atoms with E-state index in [-0.39, 0.29) is 0 Å². The Morgan fingerprint density at radius 1 is 1.16 bits per heavy atom. The highest BCUT2D eigenvalue weighted by Gasteiger charge is 2.41. The van der Waals surface area contributed by atoms with E-state index in [9.17, 15) is 0 Å². The van der Waals surface area contributed by atoms with Crippen LogP contribution in [0.3, 0.4) is 0 Å². The molecule has 2 saturated carbocycles. The smallest absolute Gasteiger partial charge is 0.0224 e. The summed E-state index contributed by atoms with van der Waals surface area (Å²) in [6.07, 6.45) is 8.62. The Morgan fingerprint density at radius 2 is 2.00 bits per heavy atom. The molecule has 110 valence electrons. The Hall–Kier alpha value is 0.270. The molecule has 0 aromatic heterocycles. The third kappa shape index (κ3) is 3.14. The van der Waals surface area contributed by atoms with Gasteiger partial charge in [0.15, 0.2) is 0 Å². The molecule has 3 rings (SSSR count). The summed E-state index contributed by atoms with van der Waals surface area (Å²) >= 11 is 2.22. The molecule has 3 fully saturated rings. The van der Waals surface area contributed by atoms with E-state index in [4.69, 9.17) is 0 Å². The van der Waals surface area contributed by atoms with Gasteiger partial charge in [-0.2, -0.15) is 11.8 Å². The lowest BCUT2D eigenvalue weighted by Crippen LogP contribution is -2.60. The van der Waals surface area contributed by atoms with Crippen LogP contribution in [0.5, 0.6) is 0 Å². The highest BCUT2D eigenvalue weighted by Crippen LogP contribution is 2.39. The summed E-state index contributed by atoms with van der Waals surface area (Å²) in [5.41, 5.74) is 0. The van der Waals surface area contributed by atoms with Crippen molar-refractivity contribution in [1.82, 2.24) is 10.2 Å². The van der Waals surface area contributed by atoms with Crippen LogP contribution in [0.4, 0.5) is 0 Å². The molecule has 3 aliphatic rings. The van der Waals surface area contributed by atoms with Crippen molar-refractivity contribution in [2.45, 2.75) is 75.7 Å². The summed E-state index contributed by atoms with van der Waals surface area (Å²) in [6, 6.07) is 2.46. The van der Waals surface area contributed by atoms with E-state index in [1.54, 1.807) is 0 Å². The molecule has 1 saturated heterocycles. The summed E-state index contributed by atoms with van der Waals surface area (Å²) < 4.78 is 0. The van der Waals surface area contributed by atoms with Gasteiger partial charge in [0, 0.05) is 36.5 Å². The summed E-state index contributed by atoms with van der Waals surface area (Å²) in [6.45, 7) is 7.25.